The number of fused-ring (bicyclic) bond motifs is 7. The molecule has 4 aliphatic heterocycles. The molecule has 4 aliphatic rings. The molecule has 3 aromatic carbocycles. The number of carboxylic acid groups (broad SMARTS) is 1. The number of nitrogens with zero attached hydrogens (tertiary/aromatic N) is 3. The number of nitrogens with one attached hydrogen (secondary N) is 10. The van der Waals surface area contributed by atoms with Crippen molar-refractivity contribution in [2.24, 2.45) is 16.5 Å². The molecule has 2 bridgehead atoms. The van der Waals surface area contributed by atoms with Crippen LogP contribution < -0.4 is 69.5 Å². The van der Waals surface area contributed by atoms with Crippen molar-refractivity contribution in [3.05, 3.63) is 132 Å². The first kappa shape index (κ1) is 89.6. The Morgan fingerprint density at radius 2 is 1.25 bits per heavy atom. The smallest absolute Gasteiger partial charge is 0.305 e. The summed E-state index contributed by atoms with van der Waals surface area (Å²) in [5.41, 5.74) is 15.1. The second kappa shape index (κ2) is 41.8. The monoisotopic (exact) mass is 1650 g/mol. The van der Waals surface area contributed by atoms with Crippen LogP contribution in [0.25, 0.3) is 0 Å². The number of unbranched alkanes of at least 4 members (excludes halogenated alkanes) is 3. The van der Waals surface area contributed by atoms with E-state index in [0.29, 0.717) is 49.9 Å². The van der Waals surface area contributed by atoms with Gasteiger partial charge in [-0.25, -0.2) is 0 Å². The van der Waals surface area contributed by atoms with Gasteiger partial charge in [0, 0.05) is 97.7 Å². The van der Waals surface area contributed by atoms with Crippen LogP contribution in [0.1, 0.15) is 116 Å². The van der Waals surface area contributed by atoms with E-state index in [1.165, 1.54) is 31.3 Å². The number of carboxylic acids is 1. The van der Waals surface area contributed by atoms with Crippen molar-refractivity contribution in [3.63, 3.8) is 0 Å². The van der Waals surface area contributed by atoms with E-state index >= 15 is 0 Å². The zero-order valence-electron chi connectivity index (χ0n) is 63.1. The van der Waals surface area contributed by atoms with Gasteiger partial charge in [0.05, 0.1) is 33.9 Å². The summed E-state index contributed by atoms with van der Waals surface area (Å²) < 4.78 is 70.6. The number of aliphatic carboxylic acids is 1. The van der Waals surface area contributed by atoms with E-state index in [4.69, 9.17) is 11.5 Å². The van der Waals surface area contributed by atoms with Gasteiger partial charge in [0.15, 0.2) is 11.7 Å². The van der Waals surface area contributed by atoms with E-state index in [1.54, 1.807) is 42.5 Å². The highest BCUT2D eigenvalue weighted by Crippen LogP contribution is 2.48. The first-order valence-corrected chi connectivity index (χ1v) is 42.9. The van der Waals surface area contributed by atoms with Gasteiger partial charge in [-0.05, 0) is 113 Å². The molecule has 7 atom stereocenters. The summed E-state index contributed by atoms with van der Waals surface area (Å²) in [6.07, 6.45) is 14.4. The van der Waals surface area contributed by atoms with Crippen LogP contribution in [0.4, 0.5) is 11.4 Å². The summed E-state index contributed by atoms with van der Waals surface area (Å²) in [5, 5.41) is 35.7. The average Bonchev–Trinajstić information content (AvgIpc) is 1.59. The maximum atomic E-state index is 14.7. The topological polar surface area (TPSA) is 508 Å². The number of carbonyl (C=O) groups is 11. The predicted octanol–water partition coefficient (Wildman–Crippen LogP) is 1.94. The molecule has 17 N–H and O–H groups in total. The Morgan fingerprint density at radius 3 is 1.89 bits per heavy atom. The van der Waals surface area contributed by atoms with Gasteiger partial charge in [-0.3, -0.25) is 66.8 Å². The standard InChI is InChI=1S/C74H99N15O18S5/c1-7-88-57-31-29-46(111(102,103)104)37-48(57)73(2,3)59(88)26-15-9-8-10-16-27-60-74(4,5)49-38-47(112(105,106)107)30-32-58(49)89(60)35-20-12-17-28-61(90)78-33-19-18-24-51-67(97)86-55-42-109-110-43-56(71(101)84-52(36-45-22-13-11-14-23-45)68(98)85-54(65(95)77-6)41-108-44-63(92)81-51)87-69(99)53(39-64(93)94)82-62(91)40-80-66(96)50(83-70(55)100)25-21-34-79-72(75)76/h8-11,13-16,22-23,26-27,29-32,37-38,50-56H,7,12,17-21,24-25,28,33-36,39-44H2,1-6H3,(H16-,75,76,77,78,79,80,81,82,83,84,85,86,87,90,91,92,93,94,95,96,97,98,99,100,101,102,103,104,105,106,107)/p+1/t50-,51-,52-,53-,54-,55-,56-/m0/s1. The van der Waals surface area contributed by atoms with Crippen molar-refractivity contribution in [3.8, 4) is 0 Å². The zero-order chi connectivity index (χ0) is 82.1. The number of likely N-dealkylation sites (N-methyl/N-ethyl adjacent to an activating group) is 2. The third-order valence-corrected chi connectivity index (χ3v) is 24.1. The number of aliphatic imine (C=N–C) groups is 1. The molecule has 0 saturated carbocycles. The average molecular weight is 1650 g/mol. The van der Waals surface area contributed by atoms with Crippen LogP contribution in [0.15, 0.2) is 130 Å². The van der Waals surface area contributed by atoms with Crippen LogP contribution >= 0.6 is 33.3 Å². The quantitative estimate of drug-likeness (QED) is 0.00986. The van der Waals surface area contributed by atoms with Gasteiger partial charge in [0.1, 0.15) is 48.8 Å². The van der Waals surface area contributed by atoms with E-state index in [9.17, 15) is 83.8 Å². The molecule has 2 saturated heterocycles. The molecule has 112 heavy (non-hydrogen) atoms. The minimum Gasteiger partial charge on any atom is -0.481 e. The Labute approximate surface area is 663 Å². The van der Waals surface area contributed by atoms with Gasteiger partial charge >= 0.3 is 5.97 Å². The molecule has 0 unspecified atom stereocenters. The minimum absolute atomic E-state index is 0.000925. The highest BCUT2D eigenvalue weighted by Gasteiger charge is 2.46. The van der Waals surface area contributed by atoms with Crippen LogP contribution in [-0.4, -0.2) is 217 Å². The predicted molar refractivity (Wildman–Crippen MR) is 427 cm³/mol. The molecule has 7 rings (SSSR count). The lowest BCUT2D eigenvalue weighted by Crippen LogP contribution is -2.60. The molecule has 33 nitrogen and oxygen atoms in total. The molecular weight excluding hydrogens is 1550 g/mol. The summed E-state index contributed by atoms with van der Waals surface area (Å²) in [6, 6.07) is 7.16. The minimum atomic E-state index is -4.54. The van der Waals surface area contributed by atoms with Gasteiger partial charge in [0.2, 0.25) is 64.8 Å². The largest absolute Gasteiger partial charge is 0.481 e. The van der Waals surface area contributed by atoms with Gasteiger partial charge < -0.3 is 74.6 Å². The number of nitrogens with two attached hydrogens (primary N) is 2. The van der Waals surface area contributed by atoms with Gasteiger partial charge in [-0.1, -0.05) is 96.1 Å². The zero-order valence-corrected chi connectivity index (χ0v) is 67.2. The van der Waals surface area contributed by atoms with E-state index in [-0.39, 0.29) is 96.3 Å². The molecule has 0 aromatic heterocycles. The number of guanidine groups is 1. The SMILES string of the molecule is CCN1/C(=C/C=C/C=C/C=C/C2=[N+](CCCCCC(=O)NCCCC[C@@H]3NC(=O)CSC[C@@H](C(=O)NC)NC(=O)[C@H](Cc4ccccc4)NC(=O)[C@@H]4CSSC[C@H](NC3=O)C(=O)N[C@@H](CCCN=C(N)N)C(=O)NCC(=O)N[C@@H](CC(=O)O)C(=O)N4)c3ccc(S(=O)(=O)O)cc3C2(C)C)C(C)(C)c2cc(S(=O)(=O)O)ccc21. The fourth-order valence-corrected chi connectivity index (χ4v) is 17.3. The van der Waals surface area contributed by atoms with Crippen LogP contribution in [0, 0.1) is 0 Å². The Balaban J connectivity index is 1.05. The molecule has 10 amide bonds. The number of hydrogen-bond donors (Lipinski definition) is 15. The normalized spacial score (nSPS) is 22.3. The fourth-order valence-electron chi connectivity index (χ4n) is 13.1. The van der Waals surface area contributed by atoms with Crippen LogP contribution in [0.3, 0.4) is 0 Å². The Kier molecular flexibility index (Phi) is 33.4. The lowest BCUT2D eigenvalue weighted by atomic mass is 9.81. The summed E-state index contributed by atoms with van der Waals surface area (Å²) in [7, 11) is -5.78. The van der Waals surface area contributed by atoms with Crippen molar-refractivity contribution in [1.29, 1.82) is 0 Å². The molecule has 4 heterocycles. The summed E-state index contributed by atoms with van der Waals surface area (Å²) >= 11 is 0.924. The van der Waals surface area contributed by atoms with E-state index in [1.807, 2.05) is 77.2 Å². The molecule has 0 spiro atoms. The maximum absolute atomic E-state index is 14.7. The molecule has 0 aliphatic carbocycles. The molecule has 2 fully saturated rings. The van der Waals surface area contributed by atoms with Gasteiger partial charge in [-0.15, -0.1) is 11.8 Å². The lowest BCUT2D eigenvalue weighted by molar-refractivity contribution is -0.438. The second-order valence-electron chi connectivity index (χ2n) is 27.9. The maximum Gasteiger partial charge on any atom is 0.305 e. The number of hydrogen-bond acceptors (Lipinski definition) is 20. The number of allylic oxidation sites excluding steroid dienone is 8. The molecule has 0 radical (unpaired) electrons. The summed E-state index contributed by atoms with van der Waals surface area (Å²) in [6.45, 7) is 10.3. The Morgan fingerprint density at radius 1 is 0.652 bits per heavy atom. The van der Waals surface area contributed by atoms with Crippen molar-refractivity contribution in [1.82, 2.24) is 53.2 Å². The van der Waals surface area contributed by atoms with Gasteiger partial charge in [0.25, 0.3) is 20.2 Å². The van der Waals surface area contributed by atoms with E-state index in [0.717, 1.165) is 61.7 Å². The van der Waals surface area contributed by atoms with Crippen molar-refractivity contribution < 1.29 is 88.4 Å². The molecule has 38 heteroatoms. The van der Waals surface area contributed by atoms with Crippen molar-refractivity contribution in [2.45, 2.75) is 168 Å². The number of anilines is 1. The number of rotatable bonds is 27. The number of amides is 10. The van der Waals surface area contributed by atoms with Crippen molar-refractivity contribution >= 4 is 142 Å². The molecule has 608 valence electrons. The number of thioether (sulfide) groups is 1. The third-order valence-electron chi connectivity index (χ3n) is 18.9. The van der Waals surface area contributed by atoms with Crippen LogP contribution in [0.5, 0.6) is 0 Å². The second-order valence-corrected chi connectivity index (χ2v) is 34.3. The van der Waals surface area contributed by atoms with E-state index in [2.05, 4.69) is 67.6 Å². The summed E-state index contributed by atoms with van der Waals surface area (Å²) in [5.74, 6) is -11.2. The Bertz CT molecular complexity index is 4410. The first-order chi connectivity index (χ1) is 53.0. The first-order valence-electron chi connectivity index (χ1n) is 36.4. The summed E-state index contributed by atoms with van der Waals surface area (Å²) in [4.78, 5) is 158. The van der Waals surface area contributed by atoms with Gasteiger partial charge in [-0.2, -0.15) is 21.4 Å². The van der Waals surface area contributed by atoms with E-state index < -0.39 is 145 Å². The fraction of sp³-hybridized carbons (Fsp3) is 0.473. The third kappa shape index (κ3) is 26.0. The molecular formula is C74H100N15O18S5+. The lowest BCUT2D eigenvalue weighted by Gasteiger charge is -2.27. The highest BCUT2D eigenvalue weighted by atomic mass is 33.1. The number of carbonyl (C=O) groups excluding carboxylic acids is 10. The van der Waals surface area contributed by atoms with Crippen LogP contribution in [0.2, 0.25) is 0 Å². The van der Waals surface area contributed by atoms with Crippen LogP contribution in [-0.2, 0) is 90.2 Å². The highest BCUT2D eigenvalue weighted by molar-refractivity contribution is 8.76. The Hall–Kier alpha value is -9.60. The number of benzene rings is 3. The molecule has 3 aromatic rings. The van der Waals surface area contributed by atoms with Crippen molar-refractivity contribution in [2.75, 3.05) is 67.7 Å².